The van der Waals surface area contributed by atoms with Crippen LogP contribution in [-0.2, 0) is 4.79 Å². The summed E-state index contributed by atoms with van der Waals surface area (Å²) in [6, 6.07) is 6.31. The van der Waals surface area contributed by atoms with Crippen LogP contribution in [0.2, 0.25) is 0 Å². The van der Waals surface area contributed by atoms with E-state index in [1.54, 1.807) is 0 Å². The highest BCUT2D eigenvalue weighted by atomic mass is 35.5. The SMILES string of the molecule is Cl.O=C(C1CCCNC1)N1CCCC1c1ccc2c(c1)OCCO2. The molecular weight excluding hydrogens is 328 g/mol. The first-order valence-electron chi connectivity index (χ1n) is 8.73. The Hall–Kier alpha value is -1.46. The fourth-order valence-electron chi connectivity index (χ4n) is 3.94. The number of carbonyl (C=O) groups is 1. The van der Waals surface area contributed by atoms with Gasteiger partial charge in [-0.1, -0.05) is 6.07 Å². The van der Waals surface area contributed by atoms with Crippen LogP contribution in [0.15, 0.2) is 18.2 Å². The van der Waals surface area contributed by atoms with Crippen LogP contribution in [-0.4, -0.2) is 43.7 Å². The number of benzene rings is 1. The maximum atomic E-state index is 12.9. The van der Waals surface area contributed by atoms with Crippen LogP contribution in [0.1, 0.15) is 37.3 Å². The van der Waals surface area contributed by atoms with Crippen LogP contribution >= 0.6 is 12.4 Å². The molecule has 6 heteroatoms. The van der Waals surface area contributed by atoms with E-state index in [2.05, 4.69) is 22.3 Å². The minimum atomic E-state index is 0. The molecule has 1 amide bonds. The fraction of sp³-hybridized carbons (Fsp3) is 0.611. The molecule has 0 spiro atoms. The molecule has 132 valence electrons. The van der Waals surface area contributed by atoms with Crippen LogP contribution in [0.5, 0.6) is 11.5 Å². The Labute approximate surface area is 149 Å². The molecule has 4 rings (SSSR count). The van der Waals surface area contributed by atoms with E-state index in [1.807, 2.05) is 6.07 Å². The van der Waals surface area contributed by atoms with Gasteiger partial charge >= 0.3 is 0 Å². The Morgan fingerprint density at radius 1 is 1.12 bits per heavy atom. The first kappa shape index (κ1) is 17.4. The zero-order valence-electron chi connectivity index (χ0n) is 13.8. The number of nitrogens with zero attached hydrogens (tertiary/aromatic N) is 1. The number of nitrogens with one attached hydrogen (secondary N) is 1. The Bertz CT molecular complexity index is 590. The lowest BCUT2D eigenvalue weighted by atomic mass is 9.96. The van der Waals surface area contributed by atoms with Crippen molar-refractivity contribution in [1.82, 2.24) is 10.2 Å². The molecule has 0 aromatic heterocycles. The average Bonchev–Trinajstić information content (AvgIpc) is 3.11. The van der Waals surface area contributed by atoms with E-state index in [0.717, 1.165) is 56.8 Å². The molecule has 0 aliphatic carbocycles. The smallest absolute Gasteiger partial charge is 0.227 e. The lowest BCUT2D eigenvalue weighted by molar-refractivity contribution is -0.137. The van der Waals surface area contributed by atoms with Crippen molar-refractivity contribution in [1.29, 1.82) is 0 Å². The molecule has 0 radical (unpaired) electrons. The molecule has 1 aromatic carbocycles. The van der Waals surface area contributed by atoms with Crippen molar-refractivity contribution in [2.75, 3.05) is 32.8 Å². The molecule has 24 heavy (non-hydrogen) atoms. The Morgan fingerprint density at radius 2 is 1.96 bits per heavy atom. The standard InChI is InChI=1S/C18H24N2O3.ClH/c21-18(14-3-1-7-19-12-14)20-8-2-4-15(20)13-5-6-16-17(11-13)23-10-9-22-16;/h5-6,11,14-15,19H,1-4,7-10,12H2;1H. The third-order valence-electron chi connectivity index (χ3n) is 5.13. The molecule has 2 unspecified atom stereocenters. The maximum absolute atomic E-state index is 12.9. The Balaban J connectivity index is 0.00000169. The fourth-order valence-corrected chi connectivity index (χ4v) is 3.94. The summed E-state index contributed by atoms with van der Waals surface area (Å²) in [5, 5.41) is 3.35. The predicted molar refractivity (Wildman–Crippen MR) is 94.0 cm³/mol. The van der Waals surface area contributed by atoms with Gasteiger partial charge in [-0.2, -0.15) is 0 Å². The minimum absolute atomic E-state index is 0. The van der Waals surface area contributed by atoms with Crippen molar-refractivity contribution in [2.24, 2.45) is 5.92 Å². The molecular formula is C18H25ClN2O3. The van der Waals surface area contributed by atoms with Crippen LogP contribution in [0.25, 0.3) is 0 Å². The van der Waals surface area contributed by atoms with Gasteiger partial charge in [-0.05, 0) is 49.9 Å². The van der Waals surface area contributed by atoms with Crippen LogP contribution in [0.3, 0.4) is 0 Å². The molecule has 1 N–H and O–H groups in total. The number of carbonyl (C=O) groups excluding carboxylic acids is 1. The molecule has 3 heterocycles. The highest BCUT2D eigenvalue weighted by molar-refractivity contribution is 5.85. The molecule has 2 saturated heterocycles. The summed E-state index contributed by atoms with van der Waals surface area (Å²) in [7, 11) is 0. The summed E-state index contributed by atoms with van der Waals surface area (Å²) in [6.45, 7) is 3.93. The van der Waals surface area contributed by atoms with Gasteiger partial charge in [0.15, 0.2) is 11.5 Å². The lowest BCUT2D eigenvalue weighted by Crippen LogP contribution is -2.42. The van der Waals surface area contributed by atoms with Gasteiger partial charge in [0.2, 0.25) is 5.91 Å². The number of halogens is 1. The van der Waals surface area contributed by atoms with Gasteiger partial charge in [-0.3, -0.25) is 4.79 Å². The van der Waals surface area contributed by atoms with Gasteiger partial charge < -0.3 is 19.7 Å². The van der Waals surface area contributed by atoms with Crippen molar-refractivity contribution >= 4 is 18.3 Å². The van der Waals surface area contributed by atoms with Gasteiger partial charge in [0.1, 0.15) is 13.2 Å². The van der Waals surface area contributed by atoms with Gasteiger partial charge in [0.05, 0.1) is 12.0 Å². The topological polar surface area (TPSA) is 50.8 Å². The molecule has 3 aliphatic heterocycles. The Kier molecular flexibility index (Phi) is 5.51. The van der Waals surface area contributed by atoms with E-state index >= 15 is 0 Å². The normalized spacial score (nSPS) is 25.9. The molecule has 0 saturated carbocycles. The van der Waals surface area contributed by atoms with E-state index < -0.39 is 0 Å². The monoisotopic (exact) mass is 352 g/mol. The zero-order valence-corrected chi connectivity index (χ0v) is 14.6. The summed E-state index contributed by atoms with van der Waals surface area (Å²) in [5.41, 5.74) is 1.17. The second kappa shape index (κ2) is 7.62. The van der Waals surface area contributed by atoms with Crippen LogP contribution in [0, 0.1) is 5.92 Å². The van der Waals surface area contributed by atoms with E-state index in [4.69, 9.17) is 9.47 Å². The van der Waals surface area contributed by atoms with Gasteiger partial charge in [-0.15, -0.1) is 12.4 Å². The maximum Gasteiger partial charge on any atom is 0.227 e. The summed E-state index contributed by atoms with van der Waals surface area (Å²) >= 11 is 0. The number of fused-ring (bicyclic) bond motifs is 1. The van der Waals surface area contributed by atoms with Crippen molar-refractivity contribution in [2.45, 2.75) is 31.7 Å². The molecule has 0 bridgehead atoms. The van der Waals surface area contributed by atoms with Gasteiger partial charge in [0, 0.05) is 13.1 Å². The highest BCUT2D eigenvalue weighted by Gasteiger charge is 2.34. The summed E-state index contributed by atoms with van der Waals surface area (Å²) < 4.78 is 11.3. The zero-order chi connectivity index (χ0) is 15.6. The molecule has 2 atom stereocenters. The molecule has 1 aromatic rings. The van der Waals surface area contributed by atoms with Crippen LogP contribution in [0.4, 0.5) is 0 Å². The predicted octanol–water partition coefficient (Wildman–Crippen LogP) is 2.54. The summed E-state index contributed by atoms with van der Waals surface area (Å²) in [4.78, 5) is 15.0. The number of piperidine rings is 1. The van der Waals surface area contributed by atoms with Gasteiger partial charge in [-0.25, -0.2) is 0 Å². The third kappa shape index (κ3) is 3.33. The number of amides is 1. The molecule has 2 fully saturated rings. The number of ether oxygens (including phenoxy) is 2. The van der Waals surface area contributed by atoms with Crippen molar-refractivity contribution in [3.05, 3.63) is 23.8 Å². The number of likely N-dealkylation sites (tertiary alicyclic amines) is 1. The van der Waals surface area contributed by atoms with Crippen molar-refractivity contribution in [3.63, 3.8) is 0 Å². The Morgan fingerprint density at radius 3 is 2.75 bits per heavy atom. The largest absolute Gasteiger partial charge is 0.486 e. The number of hydrogen-bond donors (Lipinski definition) is 1. The first-order chi connectivity index (χ1) is 11.3. The van der Waals surface area contributed by atoms with E-state index in [9.17, 15) is 4.79 Å². The van der Waals surface area contributed by atoms with E-state index in [1.165, 1.54) is 5.56 Å². The second-order valence-electron chi connectivity index (χ2n) is 6.64. The quantitative estimate of drug-likeness (QED) is 0.888. The highest BCUT2D eigenvalue weighted by Crippen LogP contribution is 2.38. The average molecular weight is 353 g/mol. The van der Waals surface area contributed by atoms with Crippen LogP contribution < -0.4 is 14.8 Å². The summed E-state index contributed by atoms with van der Waals surface area (Å²) in [5.74, 6) is 2.08. The second-order valence-corrected chi connectivity index (χ2v) is 6.64. The number of hydrogen-bond acceptors (Lipinski definition) is 4. The van der Waals surface area contributed by atoms with E-state index in [0.29, 0.717) is 19.1 Å². The molecule has 5 nitrogen and oxygen atoms in total. The van der Waals surface area contributed by atoms with Crippen molar-refractivity contribution < 1.29 is 14.3 Å². The lowest BCUT2D eigenvalue weighted by Gasteiger charge is -2.31. The van der Waals surface area contributed by atoms with Gasteiger partial charge in [0.25, 0.3) is 0 Å². The third-order valence-corrected chi connectivity index (χ3v) is 5.13. The van der Waals surface area contributed by atoms with Crippen molar-refractivity contribution in [3.8, 4) is 11.5 Å². The first-order valence-corrected chi connectivity index (χ1v) is 8.73. The minimum Gasteiger partial charge on any atom is -0.486 e. The summed E-state index contributed by atoms with van der Waals surface area (Å²) in [6.07, 6.45) is 4.21. The number of rotatable bonds is 2. The molecule has 3 aliphatic rings. The van der Waals surface area contributed by atoms with E-state index in [-0.39, 0.29) is 24.4 Å².